The number of hydrogen-bond donors (Lipinski definition) is 1. The van der Waals surface area contributed by atoms with Crippen molar-refractivity contribution < 1.29 is 19.4 Å². The molecule has 0 aliphatic heterocycles. The minimum absolute atomic E-state index is 0.129. The number of carbonyl (C=O) groups excluding carboxylic acids is 2. The Morgan fingerprint density at radius 2 is 2.24 bits per heavy atom. The lowest BCUT2D eigenvalue weighted by molar-refractivity contribution is -0.145. The first-order valence-electron chi connectivity index (χ1n) is 5.39. The van der Waals surface area contributed by atoms with Crippen LogP contribution >= 0.6 is 0 Å². The van der Waals surface area contributed by atoms with Gasteiger partial charge in [-0.2, -0.15) is 0 Å². The predicted molar refractivity (Wildman–Crippen MR) is 60.1 cm³/mol. The van der Waals surface area contributed by atoms with Gasteiger partial charge in [0.1, 0.15) is 18.3 Å². The number of pyridine rings is 1. The van der Waals surface area contributed by atoms with E-state index in [0.717, 1.165) is 0 Å². The molecule has 1 heterocycles. The highest BCUT2D eigenvalue weighted by Gasteiger charge is 2.17. The van der Waals surface area contributed by atoms with Crippen LogP contribution in [-0.2, 0) is 14.3 Å². The smallest absolute Gasteiger partial charge is 0.313 e. The first-order chi connectivity index (χ1) is 8.13. The van der Waals surface area contributed by atoms with E-state index in [1.54, 1.807) is 25.1 Å². The van der Waals surface area contributed by atoms with Gasteiger partial charge in [-0.3, -0.25) is 14.6 Å². The van der Waals surface area contributed by atoms with Crippen molar-refractivity contribution in [2.45, 2.75) is 25.9 Å². The third-order valence-corrected chi connectivity index (χ3v) is 2.10. The Kier molecular flexibility index (Phi) is 5.29. The number of nitrogens with zero attached hydrogens (tertiary/aromatic N) is 1. The van der Waals surface area contributed by atoms with Gasteiger partial charge in [-0.25, -0.2) is 0 Å². The monoisotopic (exact) mass is 237 g/mol. The maximum Gasteiger partial charge on any atom is 0.313 e. The van der Waals surface area contributed by atoms with Gasteiger partial charge in [0.25, 0.3) is 0 Å². The van der Waals surface area contributed by atoms with E-state index in [-0.39, 0.29) is 25.2 Å². The zero-order valence-corrected chi connectivity index (χ0v) is 9.63. The van der Waals surface area contributed by atoms with Crippen LogP contribution in [0.1, 0.15) is 31.6 Å². The highest BCUT2D eigenvalue weighted by atomic mass is 16.5. The van der Waals surface area contributed by atoms with Crippen molar-refractivity contribution in [1.82, 2.24) is 4.98 Å². The molecule has 1 aromatic heterocycles. The van der Waals surface area contributed by atoms with Gasteiger partial charge in [0.2, 0.25) is 0 Å². The fourth-order valence-corrected chi connectivity index (χ4v) is 1.34. The Morgan fingerprint density at radius 1 is 1.47 bits per heavy atom. The normalized spacial score (nSPS) is 11.9. The van der Waals surface area contributed by atoms with E-state index in [2.05, 4.69) is 9.72 Å². The first-order valence-corrected chi connectivity index (χ1v) is 5.39. The van der Waals surface area contributed by atoms with Crippen molar-refractivity contribution in [3.8, 4) is 0 Å². The van der Waals surface area contributed by atoms with Gasteiger partial charge < -0.3 is 9.84 Å². The molecule has 0 aliphatic rings. The van der Waals surface area contributed by atoms with Crippen molar-refractivity contribution in [2.75, 3.05) is 6.61 Å². The zero-order chi connectivity index (χ0) is 12.7. The lowest BCUT2D eigenvalue weighted by Crippen LogP contribution is -2.14. The van der Waals surface area contributed by atoms with Crippen LogP contribution in [0.3, 0.4) is 0 Å². The molecule has 0 radical (unpaired) electrons. The van der Waals surface area contributed by atoms with Gasteiger partial charge in [-0.1, -0.05) is 6.07 Å². The summed E-state index contributed by atoms with van der Waals surface area (Å²) >= 11 is 0. The van der Waals surface area contributed by atoms with Gasteiger partial charge in [0, 0.05) is 12.6 Å². The molecule has 5 heteroatoms. The number of esters is 1. The minimum atomic E-state index is -0.974. The molecule has 0 aliphatic carbocycles. The molecular weight excluding hydrogens is 222 g/mol. The maximum atomic E-state index is 11.4. The van der Waals surface area contributed by atoms with E-state index in [9.17, 15) is 14.7 Å². The average molecular weight is 237 g/mol. The molecule has 0 amide bonds. The summed E-state index contributed by atoms with van der Waals surface area (Å²) in [6.45, 7) is 1.92. The van der Waals surface area contributed by atoms with Crippen LogP contribution in [-0.4, -0.2) is 28.4 Å². The van der Waals surface area contributed by atoms with E-state index in [1.165, 1.54) is 6.20 Å². The van der Waals surface area contributed by atoms with Crippen LogP contribution in [0, 0.1) is 0 Å². The Bertz CT molecular complexity index is 377. The van der Waals surface area contributed by atoms with Crippen LogP contribution in [0.4, 0.5) is 0 Å². The molecule has 17 heavy (non-hydrogen) atoms. The lowest BCUT2D eigenvalue weighted by Gasteiger charge is -2.08. The topological polar surface area (TPSA) is 76.5 Å². The molecule has 1 atom stereocenters. The second-order valence-corrected chi connectivity index (χ2v) is 3.49. The van der Waals surface area contributed by atoms with Crippen molar-refractivity contribution in [1.29, 1.82) is 0 Å². The second-order valence-electron chi connectivity index (χ2n) is 3.49. The summed E-state index contributed by atoms with van der Waals surface area (Å²) in [4.78, 5) is 26.4. The number of Topliss-reactive ketones (excluding diaryl/α,β-unsaturated/α-hetero) is 1. The molecule has 1 unspecified atom stereocenters. The fourth-order valence-electron chi connectivity index (χ4n) is 1.34. The molecule has 1 rings (SSSR count). The standard InChI is InChI=1S/C12H15NO4/c1-2-17-12(16)8-9(14)7-11(15)10-5-3-4-6-13-10/h3-6,11,15H,2,7-8H2,1H3. The molecule has 0 spiro atoms. The summed E-state index contributed by atoms with van der Waals surface area (Å²) in [7, 11) is 0. The van der Waals surface area contributed by atoms with Crippen LogP contribution in [0.25, 0.3) is 0 Å². The van der Waals surface area contributed by atoms with Gasteiger partial charge in [0.15, 0.2) is 0 Å². The minimum Gasteiger partial charge on any atom is -0.466 e. The first kappa shape index (κ1) is 13.3. The summed E-state index contributed by atoms with van der Waals surface area (Å²) < 4.78 is 4.64. The van der Waals surface area contributed by atoms with Crippen LogP contribution in [0.15, 0.2) is 24.4 Å². The van der Waals surface area contributed by atoms with Gasteiger partial charge in [0.05, 0.1) is 12.3 Å². The van der Waals surface area contributed by atoms with Gasteiger partial charge in [-0.05, 0) is 19.1 Å². The fraction of sp³-hybridized carbons (Fsp3) is 0.417. The van der Waals surface area contributed by atoms with E-state index >= 15 is 0 Å². The summed E-state index contributed by atoms with van der Waals surface area (Å²) in [5, 5.41) is 9.70. The summed E-state index contributed by atoms with van der Waals surface area (Å²) in [6.07, 6.45) is 0.125. The summed E-state index contributed by atoms with van der Waals surface area (Å²) in [5.41, 5.74) is 0.421. The number of aliphatic hydroxyl groups is 1. The maximum absolute atomic E-state index is 11.4. The number of ether oxygens (including phenoxy) is 1. The van der Waals surface area contributed by atoms with Crippen molar-refractivity contribution >= 4 is 11.8 Å². The number of aromatic nitrogens is 1. The number of hydrogen-bond acceptors (Lipinski definition) is 5. The molecule has 0 saturated carbocycles. The quantitative estimate of drug-likeness (QED) is 0.590. The molecule has 1 aromatic rings. The van der Waals surface area contributed by atoms with Crippen LogP contribution in [0.5, 0.6) is 0 Å². The van der Waals surface area contributed by atoms with E-state index in [4.69, 9.17) is 0 Å². The molecule has 1 N–H and O–H groups in total. The molecule has 92 valence electrons. The largest absolute Gasteiger partial charge is 0.466 e. The molecule has 0 fully saturated rings. The average Bonchev–Trinajstić information content (AvgIpc) is 2.30. The number of aliphatic hydroxyl groups excluding tert-OH is 1. The zero-order valence-electron chi connectivity index (χ0n) is 9.63. The van der Waals surface area contributed by atoms with Crippen molar-refractivity contribution in [3.63, 3.8) is 0 Å². The molecule has 5 nitrogen and oxygen atoms in total. The summed E-state index contributed by atoms with van der Waals surface area (Å²) in [5.74, 6) is -0.924. The highest BCUT2D eigenvalue weighted by Crippen LogP contribution is 2.14. The molecular formula is C12H15NO4. The molecule has 0 aromatic carbocycles. The predicted octanol–water partition coefficient (Wildman–Crippen LogP) is 1.03. The van der Waals surface area contributed by atoms with E-state index < -0.39 is 12.1 Å². The molecule has 0 saturated heterocycles. The number of rotatable bonds is 6. The van der Waals surface area contributed by atoms with Crippen molar-refractivity contribution in [2.24, 2.45) is 0 Å². The van der Waals surface area contributed by atoms with Crippen LogP contribution < -0.4 is 0 Å². The number of carbonyl (C=O) groups is 2. The van der Waals surface area contributed by atoms with Gasteiger partial charge in [-0.15, -0.1) is 0 Å². The van der Waals surface area contributed by atoms with Crippen molar-refractivity contribution in [3.05, 3.63) is 30.1 Å². The van der Waals surface area contributed by atoms with E-state index in [1.807, 2.05) is 0 Å². The van der Waals surface area contributed by atoms with Crippen LogP contribution in [0.2, 0.25) is 0 Å². The SMILES string of the molecule is CCOC(=O)CC(=O)CC(O)c1ccccn1. The second kappa shape index (κ2) is 6.75. The number of ketones is 1. The Balaban J connectivity index is 2.44. The third kappa shape index (κ3) is 4.74. The Hall–Kier alpha value is -1.75. The third-order valence-electron chi connectivity index (χ3n) is 2.10. The van der Waals surface area contributed by atoms with Gasteiger partial charge >= 0.3 is 5.97 Å². The Morgan fingerprint density at radius 3 is 2.82 bits per heavy atom. The highest BCUT2D eigenvalue weighted by molar-refractivity contribution is 5.95. The van der Waals surface area contributed by atoms with E-state index in [0.29, 0.717) is 5.69 Å². The molecule has 0 bridgehead atoms. The Labute approximate surface area is 99.4 Å². The summed E-state index contributed by atoms with van der Waals surface area (Å²) in [6, 6.07) is 5.07. The lowest BCUT2D eigenvalue weighted by atomic mass is 10.1.